The predicted molar refractivity (Wildman–Crippen MR) is 75.9 cm³/mol. The molecule has 0 aliphatic carbocycles. The van der Waals surface area contributed by atoms with Crippen molar-refractivity contribution < 1.29 is 18.3 Å². The molecule has 0 amide bonds. The maximum Gasteiger partial charge on any atom is 0.337 e. The molecule has 0 fully saturated rings. The Morgan fingerprint density at radius 2 is 2.19 bits per heavy atom. The molecule has 0 aliphatic rings. The summed E-state index contributed by atoms with van der Waals surface area (Å²) >= 11 is 5.70. The van der Waals surface area contributed by atoms with Gasteiger partial charge in [-0.15, -0.1) is 0 Å². The van der Waals surface area contributed by atoms with Crippen LogP contribution >= 0.6 is 11.6 Å². The van der Waals surface area contributed by atoms with Crippen molar-refractivity contribution in [2.45, 2.75) is 11.3 Å². The molecule has 0 unspecified atom stereocenters. The molecule has 0 saturated carbocycles. The van der Waals surface area contributed by atoms with E-state index in [9.17, 15) is 13.2 Å². The zero-order valence-corrected chi connectivity index (χ0v) is 12.3. The highest BCUT2D eigenvalue weighted by atomic mass is 35.5. The van der Waals surface area contributed by atoms with Crippen LogP contribution in [0.5, 0.6) is 0 Å². The largest absolute Gasteiger partial charge is 0.478 e. The number of aromatic carboxylic acids is 1. The standard InChI is InChI=1S/C12H12ClN3O4S/c13-10-2-1-8(7-9(10)12(17)18)21(19,20)16-4-3-11-14-5-6-15-11/h1-2,5-7,16H,3-4H2,(H,14,15)(H,17,18). The summed E-state index contributed by atoms with van der Waals surface area (Å²) in [5, 5.41) is 8.93. The lowest BCUT2D eigenvalue weighted by molar-refractivity contribution is 0.0697. The first kappa shape index (κ1) is 15.5. The quantitative estimate of drug-likeness (QED) is 0.739. The average Bonchev–Trinajstić information content (AvgIpc) is 2.91. The fourth-order valence-electron chi connectivity index (χ4n) is 1.66. The van der Waals surface area contributed by atoms with Gasteiger partial charge in [0.25, 0.3) is 0 Å². The Morgan fingerprint density at radius 1 is 1.43 bits per heavy atom. The monoisotopic (exact) mass is 329 g/mol. The number of carboxylic acids is 1. The van der Waals surface area contributed by atoms with Crippen LogP contribution in [0.2, 0.25) is 5.02 Å². The molecule has 0 bridgehead atoms. The molecule has 2 aromatic rings. The van der Waals surface area contributed by atoms with Crippen LogP contribution in [0.3, 0.4) is 0 Å². The summed E-state index contributed by atoms with van der Waals surface area (Å²) in [5.74, 6) is -0.632. The van der Waals surface area contributed by atoms with E-state index in [1.165, 1.54) is 12.1 Å². The average molecular weight is 330 g/mol. The van der Waals surface area contributed by atoms with Crippen LogP contribution in [0.25, 0.3) is 0 Å². The van der Waals surface area contributed by atoms with Gasteiger partial charge in [-0.2, -0.15) is 0 Å². The van der Waals surface area contributed by atoms with E-state index >= 15 is 0 Å². The first-order valence-electron chi connectivity index (χ1n) is 5.91. The summed E-state index contributed by atoms with van der Waals surface area (Å²) in [5.41, 5.74) is -0.259. The Kier molecular flexibility index (Phi) is 4.61. The molecule has 9 heteroatoms. The zero-order chi connectivity index (χ0) is 15.5. The predicted octanol–water partition coefficient (Wildman–Crippen LogP) is 1.28. The van der Waals surface area contributed by atoms with Crippen molar-refractivity contribution >= 4 is 27.6 Å². The van der Waals surface area contributed by atoms with Crippen molar-refractivity contribution in [1.29, 1.82) is 0 Å². The number of carbonyl (C=O) groups is 1. The lowest BCUT2D eigenvalue weighted by atomic mass is 10.2. The van der Waals surface area contributed by atoms with E-state index in [0.717, 1.165) is 6.07 Å². The van der Waals surface area contributed by atoms with Crippen LogP contribution in [0.15, 0.2) is 35.5 Å². The number of halogens is 1. The van der Waals surface area contributed by atoms with Gasteiger partial charge in [0.2, 0.25) is 10.0 Å². The Labute approximate surface area is 126 Å². The third-order valence-electron chi connectivity index (χ3n) is 2.69. The molecule has 3 N–H and O–H groups in total. The normalized spacial score (nSPS) is 11.5. The van der Waals surface area contributed by atoms with Gasteiger partial charge in [-0.3, -0.25) is 0 Å². The molecule has 0 saturated heterocycles. The summed E-state index contributed by atoms with van der Waals surface area (Å²) in [6.07, 6.45) is 3.61. The van der Waals surface area contributed by atoms with Gasteiger partial charge < -0.3 is 10.1 Å². The third kappa shape index (κ3) is 3.81. The van der Waals surface area contributed by atoms with Gasteiger partial charge in [-0.25, -0.2) is 22.9 Å². The fraction of sp³-hybridized carbons (Fsp3) is 0.167. The first-order valence-corrected chi connectivity index (χ1v) is 7.77. The van der Waals surface area contributed by atoms with E-state index in [-0.39, 0.29) is 22.0 Å². The number of hydrogen-bond donors (Lipinski definition) is 3. The molecule has 2 rings (SSSR count). The van der Waals surface area contributed by atoms with Crippen LogP contribution in [-0.2, 0) is 16.4 Å². The van der Waals surface area contributed by atoms with Crippen molar-refractivity contribution in [3.8, 4) is 0 Å². The molecule has 1 aromatic carbocycles. The second-order valence-corrected chi connectivity index (χ2v) is 6.30. The summed E-state index contributed by atoms with van der Waals surface area (Å²) in [6, 6.07) is 3.52. The molecule has 0 atom stereocenters. The minimum absolute atomic E-state index is 0.0166. The van der Waals surface area contributed by atoms with Gasteiger partial charge in [-0.05, 0) is 18.2 Å². The second-order valence-electron chi connectivity index (χ2n) is 4.13. The van der Waals surface area contributed by atoms with Crippen LogP contribution in [0, 0.1) is 0 Å². The molecule has 0 aliphatic heterocycles. The fourth-order valence-corrected chi connectivity index (χ4v) is 2.91. The molecule has 1 heterocycles. The number of imidazole rings is 1. The highest BCUT2D eigenvalue weighted by Gasteiger charge is 2.18. The summed E-state index contributed by atoms with van der Waals surface area (Å²) < 4.78 is 26.5. The summed E-state index contributed by atoms with van der Waals surface area (Å²) in [7, 11) is -3.80. The molecule has 0 radical (unpaired) electrons. The molecular formula is C12H12ClN3O4S. The number of carboxylic acid groups (broad SMARTS) is 1. The van der Waals surface area contributed by atoms with Crippen molar-refractivity contribution in [2.24, 2.45) is 0 Å². The lowest BCUT2D eigenvalue weighted by Gasteiger charge is -2.07. The van der Waals surface area contributed by atoms with E-state index in [4.69, 9.17) is 16.7 Å². The van der Waals surface area contributed by atoms with E-state index < -0.39 is 16.0 Å². The number of aromatic amines is 1. The Hall–Kier alpha value is -1.90. The number of nitrogens with zero attached hydrogens (tertiary/aromatic N) is 1. The van der Waals surface area contributed by atoms with Gasteiger partial charge in [0.05, 0.1) is 15.5 Å². The van der Waals surface area contributed by atoms with Crippen LogP contribution in [0.1, 0.15) is 16.2 Å². The second kappa shape index (κ2) is 6.25. The SMILES string of the molecule is O=C(O)c1cc(S(=O)(=O)NCCc2ncc[nH]2)ccc1Cl. The van der Waals surface area contributed by atoms with Crippen molar-refractivity contribution in [2.75, 3.05) is 6.54 Å². The summed E-state index contributed by atoms with van der Waals surface area (Å²) in [6.45, 7) is 0.140. The number of H-pyrrole nitrogens is 1. The smallest absolute Gasteiger partial charge is 0.337 e. The highest BCUT2D eigenvalue weighted by molar-refractivity contribution is 7.89. The van der Waals surface area contributed by atoms with Crippen molar-refractivity contribution in [3.63, 3.8) is 0 Å². The van der Waals surface area contributed by atoms with Gasteiger partial charge in [-0.1, -0.05) is 11.6 Å². The number of benzene rings is 1. The molecule has 21 heavy (non-hydrogen) atoms. The van der Waals surface area contributed by atoms with Crippen molar-refractivity contribution in [1.82, 2.24) is 14.7 Å². The highest BCUT2D eigenvalue weighted by Crippen LogP contribution is 2.20. The topological polar surface area (TPSA) is 112 Å². The van der Waals surface area contributed by atoms with E-state index in [2.05, 4.69) is 14.7 Å². The Morgan fingerprint density at radius 3 is 2.81 bits per heavy atom. The van der Waals surface area contributed by atoms with Gasteiger partial charge >= 0.3 is 5.97 Å². The van der Waals surface area contributed by atoms with E-state index in [1.807, 2.05) is 0 Å². The Bertz CT molecular complexity index is 744. The van der Waals surface area contributed by atoms with E-state index in [0.29, 0.717) is 12.2 Å². The van der Waals surface area contributed by atoms with Gasteiger partial charge in [0, 0.05) is 25.4 Å². The van der Waals surface area contributed by atoms with E-state index in [1.54, 1.807) is 12.4 Å². The minimum Gasteiger partial charge on any atom is -0.478 e. The van der Waals surface area contributed by atoms with Gasteiger partial charge in [0.15, 0.2) is 0 Å². The number of rotatable bonds is 6. The first-order chi connectivity index (χ1) is 9.90. The minimum atomic E-state index is -3.80. The van der Waals surface area contributed by atoms with Crippen LogP contribution in [0.4, 0.5) is 0 Å². The summed E-state index contributed by atoms with van der Waals surface area (Å²) in [4.78, 5) is 17.6. The number of aromatic nitrogens is 2. The Balaban J connectivity index is 2.12. The zero-order valence-electron chi connectivity index (χ0n) is 10.7. The third-order valence-corrected chi connectivity index (χ3v) is 4.48. The number of hydrogen-bond acceptors (Lipinski definition) is 4. The van der Waals surface area contributed by atoms with Crippen LogP contribution < -0.4 is 4.72 Å². The molecule has 1 aromatic heterocycles. The number of nitrogens with one attached hydrogen (secondary N) is 2. The molecular weight excluding hydrogens is 318 g/mol. The molecule has 7 nitrogen and oxygen atoms in total. The maximum atomic E-state index is 12.1. The maximum absolute atomic E-state index is 12.1. The van der Waals surface area contributed by atoms with Gasteiger partial charge in [0.1, 0.15) is 5.82 Å². The molecule has 0 spiro atoms. The lowest BCUT2D eigenvalue weighted by Crippen LogP contribution is -2.26. The van der Waals surface area contributed by atoms with Crippen molar-refractivity contribution in [3.05, 3.63) is 47.0 Å². The number of sulfonamides is 1. The molecule has 112 valence electrons. The van der Waals surface area contributed by atoms with Crippen LogP contribution in [-0.4, -0.2) is 36.0 Å².